The average molecular weight is 453 g/mol. The van der Waals surface area contributed by atoms with Gasteiger partial charge in [0.05, 0.1) is 12.0 Å². The molecule has 0 saturated carbocycles. The molecule has 4 rings (SSSR count). The maximum atomic E-state index is 12.3. The van der Waals surface area contributed by atoms with E-state index in [9.17, 15) is 9.59 Å². The van der Waals surface area contributed by atoms with Crippen LogP contribution in [0.5, 0.6) is 0 Å². The van der Waals surface area contributed by atoms with E-state index in [4.69, 9.17) is 19.6 Å². The van der Waals surface area contributed by atoms with Gasteiger partial charge in [0.2, 0.25) is 5.71 Å². The highest BCUT2D eigenvalue weighted by atomic mass is 16.5. The van der Waals surface area contributed by atoms with E-state index in [1.807, 2.05) is 13.8 Å². The Bertz CT molecular complexity index is 1370. The van der Waals surface area contributed by atoms with E-state index >= 15 is 0 Å². The van der Waals surface area contributed by atoms with Gasteiger partial charge in [0.15, 0.2) is 12.4 Å². The number of aryl methyl sites for hydroxylation is 3. The van der Waals surface area contributed by atoms with Crippen LogP contribution in [0.4, 0.5) is 5.82 Å². The molecule has 0 atom stereocenters. The number of aromatic nitrogens is 6. The molecule has 0 aliphatic carbocycles. The summed E-state index contributed by atoms with van der Waals surface area (Å²) in [4.78, 5) is 41.4. The van der Waals surface area contributed by atoms with Crippen molar-refractivity contribution in [3.05, 3.63) is 40.4 Å². The van der Waals surface area contributed by atoms with Gasteiger partial charge < -0.3 is 19.6 Å². The maximum absolute atomic E-state index is 12.3. The average Bonchev–Trinajstić information content (AvgIpc) is 3.36. The van der Waals surface area contributed by atoms with Gasteiger partial charge in [-0.2, -0.15) is 15.1 Å². The van der Waals surface area contributed by atoms with Crippen LogP contribution in [-0.4, -0.2) is 48.1 Å². The summed E-state index contributed by atoms with van der Waals surface area (Å²) < 4.78 is 17.6. The van der Waals surface area contributed by atoms with Gasteiger partial charge >= 0.3 is 11.9 Å². The van der Waals surface area contributed by atoms with E-state index in [1.54, 1.807) is 18.4 Å². The number of anilines is 1. The molecule has 4 aromatic rings. The second-order valence-corrected chi connectivity index (χ2v) is 7.35. The lowest BCUT2D eigenvalue weighted by molar-refractivity contribution is -0.145. The molecule has 2 N–H and O–H groups in total. The van der Waals surface area contributed by atoms with Crippen molar-refractivity contribution >= 4 is 34.6 Å². The minimum absolute atomic E-state index is 0.0458. The first-order valence-electron chi connectivity index (χ1n) is 10.3. The number of rotatable bonds is 7. The zero-order chi connectivity index (χ0) is 23.7. The Morgan fingerprint density at radius 2 is 1.94 bits per heavy atom. The van der Waals surface area contributed by atoms with Crippen molar-refractivity contribution in [2.45, 2.75) is 47.1 Å². The van der Waals surface area contributed by atoms with Crippen LogP contribution in [0.1, 0.15) is 52.2 Å². The Morgan fingerprint density at radius 3 is 2.70 bits per heavy atom. The highest BCUT2D eigenvalue weighted by Crippen LogP contribution is 2.29. The lowest BCUT2D eigenvalue weighted by Gasteiger charge is -2.10. The number of nitrogens with zero attached hydrogens (tertiary/aromatic N) is 6. The largest absolute Gasteiger partial charge is 0.462 e. The van der Waals surface area contributed by atoms with E-state index in [2.05, 4.69) is 25.0 Å². The van der Waals surface area contributed by atoms with Crippen LogP contribution in [-0.2, 0) is 27.3 Å². The molecule has 12 nitrogen and oxygen atoms in total. The van der Waals surface area contributed by atoms with Crippen LogP contribution in [0.2, 0.25) is 0 Å². The number of carbonyl (C=O) groups is 2. The van der Waals surface area contributed by atoms with Crippen molar-refractivity contribution < 1.29 is 23.5 Å². The standard InChI is InChI=1S/C21H23N7O5/c1-5-31-20(30)16-12(4)33-19-17(16)18(22)26-14(27-19)8-32-15(29)7-6-13-10(2)25-21-23-9-24-28(21)11(13)3/h9H,5-8H2,1-4H3,(H2,22,26,27). The van der Waals surface area contributed by atoms with E-state index in [0.717, 1.165) is 17.0 Å². The first-order chi connectivity index (χ1) is 15.8. The molecule has 0 amide bonds. The monoisotopic (exact) mass is 453 g/mol. The van der Waals surface area contributed by atoms with E-state index in [-0.39, 0.29) is 47.9 Å². The summed E-state index contributed by atoms with van der Waals surface area (Å²) in [6, 6.07) is 0. The van der Waals surface area contributed by atoms with Gasteiger partial charge in [-0.3, -0.25) is 4.79 Å². The number of furan rings is 1. The molecule has 0 fully saturated rings. The SMILES string of the molecule is CCOC(=O)c1c(C)oc2nc(COC(=O)CCc3c(C)nc4ncnn4c3C)nc(N)c12. The predicted molar refractivity (Wildman–Crippen MR) is 115 cm³/mol. The number of fused-ring (bicyclic) bond motifs is 2. The zero-order valence-corrected chi connectivity index (χ0v) is 18.7. The fraction of sp³-hybridized carbons (Fsp3) is 0.381. The van der Waals surface area contributed by atoms with Crippen LogP contribution in [0.25, 0.3) is 16.9 Å². The number of carbonyl (C=O) groups excluding carboxylic acids is 2. The Morgan fingerprint density at radius 1 is 1.15 bits per heavy atom. The van der Waals surface area contributed by atoms with Crippen molar-refractivity contribution in [1.29, 1.82) is 0 Å². The molecule has 0 aliphatic heterocycles. The summed E-state index contributed by atoms with van der Waals surface area (Å²) in [6.45, 7) is 7.10. The molecule has 0 radical (unpaired) electrons. The van der Waals surface area contributed by atoms with E-state index in [1.165, 1.54) is 6.33 Å². The summed E-state index contributed by atoms with van der Waals surface area (Å²) in [6.07, 6.45) is 2.00. The normalized spacial score (nSPS) is 11.3. The number of esters is 2. The Kier molecular flexibility index (Phi) is 5.90. The first kappa shape index (κ1) is 22.1. The summed E-state index contributed by atoms with van der Waals surface area (Å²) in [5.41, 5.74) is 8.92. The van der Waals surface area contributed by atoms with Crippen molar-refractivity contribution in [2.75, 3.05) is 12.3 Å². The third kappa shape index (κ3) is 4.19. The third-order valence-corrected chi connectivity index (χ3v) is 5.21. The Labute approximate surface area is 188 Å². The van der Waals surface area contributed by atoms with Crippen molar-refractivity contribution in [1.82, 2.24) is 29.5 Å². The Hall–Kier alpha value is -4.09. The van der Waals surface area contributed by atoms with Crippen LogP contribution < -0.4 is 5.73 Å². The number of ether oxygens (including phenoxy) is 2. The molecule has 0 aromatic carbocycles. The van der Waals surface area contributed by atoms with Crippen molar-refractivity contribution in [2.24, 2.45) is 0 Å². The van der Waals surface area contributed by atoms with Gasteiger partial charge in [-0.25, -0.2) is 19.3 Å². The predicted octanol–water partition coefficient (Wildman–Crippen LogP) is 2.02. The van der Waals surface area contributed by atoms with Crippen molar-refractivity contribution in [3.63, 3.8) is 0 Å². The van der Waals surface area contributed by atoms with Crippen molar-refractivity contribution in [3.8, 4) is 0 Å². The molecule has 0 aliphatic rings. The van der Waals surface area contributed by atoms with Gasteiger partial charge in [0, 0.05) is 17.8 Å². The smallest absolute Gasteiger partial charge is 0.342 e. The minimum Gasteiger partial charge on any atom is -0.462 e. The molecule has 4 heterocycles. The van der Waals surface area contributed by atoms with Gasteiger partial charge in [-0.1, -0.05) is 0 Å². The second-order valence-electron chi connectivity index (χ2n) is 7.35. The highest BCUT2D eigenvalue weighted by Gasteiger charge is 2.24. The molecule has 0 unspecified atom stereocenters. The fourth-order valence-corrected chi connectivity index (χ4v) is 3.66. The fourth-order valence-electron chi connectivity index (χ4n) is 3.66. The number of nitrogens with two attached hydrogens (primary N) is 1. The topological polar surface area (TPSA) is 161 Å². The van der Waals surface area contributed by atoms with Crippen LogP contribution in [0.15, 0.2) is 10.7 Å². The molecule has 0 spiro atoms. The molecule has 33 heavy (non-hydrogen) atoms. The Balaban J connectivity index is 1.44. The first-order valence-corrected chi connectivity index (χ1v) is 10.3. The number of hydrogen-bond donors (Lipinski definition) is 1. The lowest BCUT2D eigenvalue weighted by Crippen LogP contribution is -2.12. The lowest BCUT2D eigenvalue weighted by atomic mass is 10.1. The van der Waals surface area contributed by atoms with E-state index in [0.29, 0.717) is 18.0 Å². The van der Waals surface area contributed by atoms with Gasteiger partial charge in [-0.15, -0.1) is 0 Å². The second kappa shape index (κ2) is 8.81. The van der Waals surface area contributed by atoms with Gasteiger partial charge in [0.25, 0.3) is 5.78 Å². The van der Waals surface area contributed by atoms with Crippen LogP contribution >= 0.6 is 0 Å². The van der Waals surface area contributed by atoms with Gasteiger partial charge in [0.1, 0.15) is 23.5 Å². The molecule has 0 bridgehead atoms. The van der Waals surface area contributed by atoms with Crippen LogP contribution in [0.3, 0.4) is 0 Å². The van der Waals surface area contributed by atoms with Crippen LogP contribution in [0, 0.1) is 20.8 Å². The van der Waals surface area contributed by atoms with Gasteiger partial charge in [-0.05, 0) is 39.7 Å². The summed E-state index contributed by atoms with van der Waals surface area (Å²) in [5, 5.41) is 4.43. The molecular formula is C21H23N7O5. The quantitative estimate of drug-likeness (QED) is 0.407. The summed E-state index contributed by atoms with van der Waals surface area (Å²) >= 11 is 0. The third-order valence-electron chi connectivity index (χ3n) is 5.21. The molecule has 12 heteroatoms. The molecule has 172 valence electrons. The molecule has 0 saturated heterocycles. The molecular weight excluding hydrogens is 430 g/mol. The minimum atomic E-state index is -0.563. The summed E-state index contributed by atoms with van der Waals surface area (Å²) in [5.74, 6) is 0.0491. The zero-order valence-electron chi connectivity index (χ0n) is 18.7. The maximum Gasteiger partial charge on any atom is 0.342 e. The number of nitrogen functional groups attached to an aromatic ring is 1. The molecule has 4 aromatic heterocycles. The summed E-state index contributed by atoms with van der Waals surface area (Å²) in [7, 11) is 0. The van der Waals surface area contributed by atoms with E-state index < -0.39 is 11.9 Å². The highest BCUT2D eigenvalue weighted by molar-refractivity contribution is 6.07. The number of hydrogen-bond acceptors (Lipinski definition) is 11.